The first-order valence-electron chi connectivity index (χ1n) is 9.34. The molecule has 0 aliphatic rings. The Balaban J connectivity index is 0. The summed E-state index contributed by atoms with van der Waals surface area (Å²) < 4.78 is 0. The van der Waals surface area contributed by atoms with Gasteiger partial charge in [0.25, 0.3) is 0 Å². The lowest BCUT2D eigenvalue weighted by atomic mass is 9.82. The Morgan fingerprint density at radius 3 is 1.92 bits per heavy atom. The quantitative estimate of drug-likeness (QED) is 0.612. The number of nitrogens with two attached hydrogens (primary N) is 1. The standard InChI is InChI=1S/C12H25NO.C7H7Cl.C2H6/c1-5-7-11(8-6-2)9(3)12(14)10(4)13;1-6-3-2-4-7(8)5-6;1-2/h9-11H,5-8,13H2,1-4H3;2-5H,1H3;1-2H3. The fraction of sp³-hybridized carbons (Fsp3) is 0.667. The van der Waals surface area contributed by atoms with Crippen LogP contribution in [0.4, 0.5) is 0 Å². The van der Waals surface area contributed by atoms with Crippen LogP contribution in [-0.4, -0.2) is 11.8 Å². The predicted molar refractivity (Wildman–Crippen MR) is 109 cm³/mol. The third kappa shape index (κ3) is 11.6. The number of hydrogen-bond donors (Lipinski definition) is 1. The molecule has 1 rings (SSSR count). The molecule has 0 saturated heterocycles. The van der Waals surface area contributed by atoms with Crippen molar-refractivity contribution in [1.82, 2.24) is 0 Å². The summed E-state index contributed by atoms with van der Waals surface area (Å²) in [5.74, 6) is 0.885. The molecule has 0 aliphatic heterocycles. The first kappa shape index (κ1) is 25.4. The zero-order valence-electron chi connectivity index (χ0n) is 16.7. The van der Waals surface area contributed by atoms with E-state index in [1.54, 1.807) is 6.92 Å². The summed E-state index contributed by atoms with van der Waals surface area (Å²) in [5, 5.41) is 0.810. The smallest absolute Gasteiger partial charge is 0.152 e. The maximum Gasteiger partial charge on any atom is 0.152 e. The van der Waals surface area contributed by atoms with Crippen LogP contribution >= 0.6 is 11.6 Å². The topological polar surface area (TPSA) is 43.1 Å². The first-order valence-corrected chi connectivity index (χ1v) is 9.72. The first-order chi connectivity index (χ1) is 11.3. The second kappa shape index (κ2) is 15.7. The molecule has 2 atom stereocenters. The van der Waals surface area contributed by atoms with Gasteiger partial charge in [0, 0.05) is 10.9 Å². The Bertz CT molecular complexity index is 408. The van der Waals surface area contributed by atoms with Crippen LogP contribution < -0.4 is 5.73 Å². The van der Waals surface area contributed by atoms with Crippen molar-refractivity contribution < 1.29 is 4.79 Å². The molecule has 24 heavy (non-hydrogen) atoms. The fourth-order valence-electron chi connectivity index (χ4n) is 2.64. The Morgan fingerprint density at radius 1 is 1.12 bits per heavy atom. The van der Waals surface area contributed by atoms with Gasteiger partial charge in [-0.15, -0.1) is 0 Å². The van der Waals surface area contributed by atoms with Crippen molar-refractivity contribution in [2.24, 2.45) is 17.6 Å². The van der Waals surface area contributed by atoms with Crippen LogP contribution in [0.2, 0.25) is 5.02 Å². The van der Waals surface area contributed by atoms with Crippen molar-refractivity contribution in [2.75, 3.05) is 0 Å². The number of aryl methyl sites for hydroxylation is 1. The van der Waals surface area contributed by atoms with Crippen LogP contribution in [0.25, 0.3) is 0 Å². The summed E-state index contributed by atoms with van der Waals surface area (Å²) >= 11 is 5.64. The summed E-state index contributed by atoms with van der Waals surface area (Å²) in [6, 6.07) is 7.46. The van der Waals surface area contributed by atoms with E-state index in [-0.39, 0.29) is 17.7 Å². The Labute approximate surface area is 155 Å². The molecule has 0 aliphatic carbocycles. The van der Waals surface area contributed by atoms with Gasteiger partial charge in [0.2, 0.25) is 0 Å². The molecule has 1 aromatic rings. The molecule has 0 heterocycles. The predicted octanol–water partition coefficient (Wildman–Crippen LogP) is 6.43. The Kier molecular flexibility index (Phi) is 16.6. The molecule has 0 radical (unpaired) electrons. The van der Waals surface area contributed by atoms with E-state index in [9.17, 15) is 4.79 Å². The lowest BCUT2D eigenvalue weighted by Gasteiger charge is -2.23. The van der Waals surface area contributed by atoms with Crippen molar-refractivity contribution in [3.05, 3.63) is 34.9 Å². The van der Waals surface area contributed by atoms with Crippen LogP contribution in [0.5, 0.6) is 0 Å². The van der Waals surface area contributed by atoms with Gasteiger partial charge in [-0.05, 0) is 37.5 Å². The second-order valence-electron chi connectivity index (χ2n) is 6.12. The molecule has 2 nitrogen and oxygen atoms in total. The second-order valence-corrected chi connectivity index (χ2v) is 6.55. The maximum absolute atomic E-state index is 11.7. The van der Waals surface area contributed by atoms with E-state index in [4.69, 9.17) is 17.3 Å². The van der Waals surface area contributed by atoms with Crippen LogP contribution in [0.1, 0.15) is 72.8 Å². The maximum atomic E-state index is 11.7. The van der Waals surface area contributed by atoms with Crippen molar-refractivity contribution in [3.8, 4) is 0 Å². The van der Waals surface area contributed by atoms with Crippen LogP contribution in [-0.2, 0) is 4.79 Å². The van der Waals surface area contributed by atoms with E-state index in [0.29, 0.717) is 5.92 Å². The highest BCUT2D eigenvalue weighted by Gasteiger charge is 2.24. The molecule has 3 heteroatoms. The van der Waals surface area contributed by atoms with Gasteiger partial charge in [-0.2, -0.15) is 0 Å². The van der Waals surface area contributed by atoms with Gasteiger partial charge in [-0.1, -0.05) is 84.0 Å². The molecule has 140 valence electrons. The van der Waals surface area contributed by atoms with E-state index >= 15 is 0 Å². The van der Waals surface area contributed by atoms with Crippen molar-refractivity contribution in [1.29, 1.82) is 0 Å². The summed E-state index contributed by atoms with van der Waals surface area (Å²) in [6.07, 6.45) is 4.60. The molecule has 0 aromatic heterocycles. The number of ketones is 1. The average Bonchev–Trinajstić information content (AvgIpc) is 2.55. The summed E-state index contributed by atoms with van der Waals surface area (Å²) in [6.45, 7) is 14.2. The molecule has 0 spiro atoms. The number of benzene rings is 1. The van der Waals surface area contributed by atoms with E-state index < -0.39 is 0 Å². The minimum absolute atomic E-state index is 0.134. The van der Waals surface area contributed by atoms with E-state index in [0.717, 1.165) is 30.7 Å². The largest absolute Gasteiger partial charge is 0.322 e. The Morgan fingerprint density at radius 2 is 1.62 bits per heavy atom. The van der Waals surface area contributed by atoms with Gasteiger partial charge in [-0.3, -0.25) is 4.79 Å². The van der Waals surface area contributed by atoms with Crippen LogP contribution in [0.3, 0.4) is 0 Å². The summed E-state index contributed by atoms with van der Waals surface area (Å²) in [5.41, 5.74) is 6.82. The van der Waals surface area contributed by atoms with Gasteiger partial charge in [-0.25, -0.2) is 0 Å². The molecule has 1 aromatic carbocycles. The molecule has 0 bridgehead atoms. The SMILES string of the molecule is CC.CCCC(CCC)C(C)C(=O)C(C)N.Cc1cccc(Cl)c1. The number of hydrogen-bond acceptors (Lipinski definition) is 2. The minimum Gasteiger partial charge on any atom is -0.322 e. The van der Waals surface area contributed by atoms with Crippen molar-refractivity contribution in [2.45, 2.75) is 80.2 Å². The Hall–Kier alpha value is -0.860. The normalized spacial score (nSPS) is 12.4. The van der Waals surface area contributed by atoms with Gasteiger partial charge in [0.1, 0.15) is 0 Å². The molecule has 0 saturated carbocycles. The van der Waals surface area contributed by atoms with Gasteiger partial charge in [0.05, 0.1) is 6.04 Å². The van der Waals surface area contributed by atoms with E-state index in [1.165, 1.54) is 5.56 Å². The monoisotopic (exact) mass is 355 g/mol. The van der Waals surface area contributed by atoms with E-state index in [1.807, 2.05) is 52.0 Å². The highest BCUT2D eigenvalue weighted by Crippen LogP contribution is 2.24. The highest BCUT2D eigenvalue weighted by atomic mass is 35.5. The molecule has 2 unspecified atom stereocenters. The summed E-state index contributed by atoms with van der Waals surface area (Å²) in [7, 11) is 0. The number of Topliss-reactive ketones (excluding diaryl/α,β-unsaturated/α-hetero) is 1. The van der Waals surface area contributed by atoms with Gasteiger partial charge in [0.15, 0.2) is 5.78 Å². The average molecular weight is 356 g/mol. The molecular weight excluding hydrogens is 318 g/mol. The number of rotatable bonds is 7. The van der Waals surface area contributed by atoms with Crippen molar-refractivity contribution in [3.63, 3.8) is 0 Å². The number of carbonyl (C=O) groups excluding carboxylic acids is 1. The molecule has 0 fully saturated rings. The lowest BCUT2D eigenvalue weighted by Crippen LogP contribution is -2.35. The summed E-state index contributed by atoms with van der Waals surface area (Å²) in [4.78, 5) is 11.7. The van der Waals surface area contributed by atoms with Gasteiger partial charge >= 0.3 is 0 Å². The number of carbonyl (C=O) groups is 1. The minimum atomic E-state index is -0.304. The zero-order valence-corrected chi connectivity index (χ0v) is 17.5. The van der Waals surface area contributed by atoms with Crippen LogP contribution in [0, 0.1) is 18.8 Å². The molecule has 2 N–H and O–H groups in total. The highest BCUT2D eigenvalue weighted by molar-refractivity contribution is 6.30. The fourth-order valence-corrected chi connectivity index (χ4v) is 2.88. The van der Waals surface area contributed by atoms with E-state index in [2.05, 4.69) is 13.8 Å². The van der Waals surface area contributed by atoms with Crippen LogP contribution in [0.15, 0.2) is 24.3 Å². The lowest BCUT2D eigenvalue weighted by molar-refractivity contribution is -0.125. The molecule has 0 amide bonds. The third-order valence-corrected chi connectivity index (χ3v) is 4.14. The zero-order chi connectivity index (χ0) is 19.1. The third-order valence-electron chi connectivity index (χ3n) is 3.90. The number of halogens is 1. The van der Waals surface area contributed by atoms with Crippen molar-refractivity contribution >= 4 is 17.4 Å². The van der Waals surface area contributed by atoms with Gasteiger partial charge < -0.3 is 5.73 Å². The molecular formula is C21H38ClNO.